The van der Waals surface area contributed by atoms with Gasteiger partial charge in [-0.2, -0.15) is 0 Å². The summed E-state index contributed by atoms with van der Waals surface area (Å²) in [6.45, 7) is -0.433. The van der Waals surface area contributed by atoms with Crippen molar-refractivity contribution in [2.45, 2.75) is 6.04 Å². The number of carbonyl (C=O) groups is 2. The quantitative estimate of drug-likeness (QED) is 0.796. The molecule has 0 fully saturated rings. The van der Waals surface area contributed by atoms with E-state index in [0.717, 1.165) is 22.0 Å². The molecule has 5 heteroatoms. The lowest BCUT2D eigenvalue weighted by Gasteiger charge is -2.25. The van der Waals surface area contributed by atoms with E-state index < -0.39 is 18.6 Å². The van der Waals surface area contributed by atoms with Crippen molar-refractivity contribution in [1.29, 1.82) is 0 Å². The number of nitrogens with zero attached hydrogens (tertiary/aromatic N) is 1. The number of hydrogen-bond acceptors (Lipinski definition) is 3. The molecule has 0 unspecified atom stereocenters. The summed E-state index contributed by atoms with van der Waals surface area (Å²) in [6.07, 6.45) is 1.84. The lowest BCUT2D eigenvalue weighted by atomic mass is 9.97. The second kappa shape index (κ2) is 4.98. The number of para-hydroxylation sites is 1. The van der Waals surface area contributed by atoms with Gasteiger partial charge in [-0.3, -0.25) is 4.79 Å². The van der Waals surface area contributed by atoms with Crippen LogP contribution in [0.2, 0.25) is 0 Å². The number of carboxylic acid groups (broad SMARTS) is 1. The van der Waals surface area contributed by atoms with Crippen molar-refractivity contribution in [2.24, 2.45) is 0 Å². The van der Waals surface area contributed by atoms with E-state index in [1.807, 2.05) is 42.6 Å². The van der Waals surface area contributed by atoms with Crippen molar-refractivity contribution in [3.05, 3.63) is 71.4 Å². The zero-order chi connectivity index (χ0) is 16.0. The number of carbonyl (C=O) groups excluding carboxylic acids is 2. The lowest BCUT2D eigenvalue weighted by Crippen LogP contribution is -2.40. The van der Waals surface area contributed by atoms with E-state index in [1.54, 1.807) is 12.1 Å². The molecular formula is C18H13N2O3-. The Morgan fingerprint density at radius 3 is 2.65 bits per heavy atom. The number of aromatic amines is 1. The maximum Gasteiger partial charge on any atom is 0.255 e. The SMILES string of the molecule is O=C([O-])CN1C(=O)c2ccccc2[C@H]1c1c[nH]c2ccccc12. The Morgan fingerprint density at radius 1 is 1.09 bits per heavy atom. The van der Waals surface area contributed by atoms with Crippen molar-refractivity contribution in [3.63, 3.8) is 0 Å². The molecule has 1 aliphatic heterocycles. The number of H-pyrrole nitrogens is 1. The third-order valence-electron chi connectivity index (χ3n) is 4.27. The molecule has 0 aliphatic carbocycles. The van der Waals surface area contributed by atoms with E-state index in [1.165, 1.54) is 4.90 Å². The summed E-state index contributed by atoms with van der Waals surface area (Å²) in [5, 5.41) is 12.1. The van der Waals surface area contributed by atoms with Gasteiger partial charge in [0.25, 0.3) is 5.91 Å². The fraction of sp³-hybridized carbons (Fsp3) is 0.111. The van der Waals surface area contributed by atoms with E-state index in [-0.39, 0.29) is 5.91 Å². The third kappa shape index (κ3) is 2.01. The normalized spacial score (nSPS) is 16.8. The molecule has 0 saturated carbocycles. The van der Waals surface area contributed by atoms with Crippen molar-refractivity contribution in [2.75, 3.05) is 6.54 Å². The molecule has 114 valence electrons. The monoisotopic (exact) mass is 305 g/mol. The molecule has 0 bridgehead atoms. The summed E-state index contributed by atoms with van der Waals surface area (Å²) in [4.78, 5) is 28.3. The molecule has 1 amide bonds. The summed E-state index contributed by atoms with van der Waals surface area (Å²) in [5.74, 6) is -1.55. The number of hydrogen-bond donors (Lipinski definition) is 1. The van der Waals surface area contributed by atoms with Gasteiger partial charge >= 0.3 is 0 Å². The molecule has 1 N–H and O–H groups in total. The highest BCUT2D eigenvalue weighted by atomic mass is 16.4. The highest BCUT2D eigenvalue weighted by Gasteiger charge is 2.38. The number of carboxylic acids is 1. The molecule has 1 aliphatic rings. The highest BCUT2D eigenvalue weighted by Crippen LogP contribution is 2.40. The Hall–Kier alpha value is -3.08. The fourth-order valence-electron chi connectivity index (χ4n) is 3.33. The van der Waals surface area contributed by atoms with Gasteiger partial charge in [0.1, 0.15) is 0 Å². The van der Waals surface area contributed by atoms with Gasteiger partial charge in [0, 0.05) is 28.2 Å². The first-order valence-corrected chi connectivity index (χ1v) is 7.32. The Balaban J connectivity index is 1.93. The first-order valence-electron chi connectivity index (χ1n) is 7.32. The molecule has 1 atom stereocenters. The standard InChI is InChI=1S/C18H14N2O3/c21-16(22)10-20-17(12-6-1-2-7-13(12)18(20)23)14-9-19-15-8-4-3-5-11(14)15/h1-9,17,19H,10H2,(H,21,22)/p-1/t17-/m0/s1. The number of rotatable bonds is 3. The number of fused-ring (bicyclic) bond motifs is 2. The molecule has 4 rings (SSSR count). The van der Waals surface area contributed by atoms with Gasteiger partial charge in [-0.15, -0.1) is 0 Å². The Morgan fingerprint density at radius 2 is 1.83 bits per heavy atom. The largest absolute Gasteiger partial charge is 0.548 e. The van der Waals surface area contributed by atoms with Gasteiger partial charge in [-0.05, 0) is 17.7 Å². The molecule has 2 aromatic carbocycles. The van der Waals surface area contributed by atoms with Gasteiger partial charge < -0.3 is 19.8 Å². The Labute approximate surface area is 132 Å². The molecule has 0 saturated heterocycles. The number of amides is 1. The number of aliphatic carboxylic acids is 1. The van der Waals surface area contributed by atoms with Crippen LogP contribution in [0.4, 0.5) is 0 Å². The van der Waals surface area contributed by atoms with Crippen LogP contribution in [0.1, 0.15) is 27.5 Å². The van der Waals surface area contributed by atoms with Crippen LogP contribution in [0.5, 0.6) is 0 Å². The summed E-state index contributed by atoms with van der Waals surface area (Å²) < 4.78 is 0. The zero-order valence-electron chi connectivity index (χ0n) is 12.2. The summed E-state index contributed by atoms with van der Waals surface area (Å²) in [5.41, 5.74) is 3.21. The van der Waals surface area contributed by atoms with Crippen molar-refractivity contribution in [1.82, 2.24) is 9.88 Å². The van der Waals surface area contributed by atoms with Crippen LogP contribution in [-0.4, -0.2) is 28.3 Å². The molecule has 0 radical (unpaired) electrons. The van der Waals surface area contributed by atoms with Gasteiger partial charge in [-0.1, -0.05) is 36.4 Å². The molecule has 2 heterocycles. The lowest BCUT2D eigenvalue weighted by molar-refractivity contribution is -0.305. The predicted molar refractivity (Wildman–Crippen MR) is 82.6 cm³/mol. The average Bonchev–Trinajstić information content (AvgIpc) is 3.08. The van der Waals surface area contributed by atoms with Crippen molar-refractivity contribution >= 4 is 22.8 Å². The molecule has 0 spiro atoms. The maximum absolute atomic E-state index is 12.6. The van der Waals surface area contributed by atoms with E-state index in [9.17, 15) is 14.7 Å². The predicted octanol–water partition coefficient (Wildman–Crippen LogP) is 1.46. The summed E-state index contributed by atoms with van der Waals surface area (Å²) in [6, 6.07) is 14.6. The minimum absolute atomic E-state index is 0.278. The zero-order valence-corrected chi connectivity index (χ0v) is 12.2. The van der Waals surface area contributed by atoms with Crippen LogP contribution in [-0.2, 0) is 4.79 Å². The number of benzene rings is 2. The van der Waals surface area contributed by atoms with Crippen LogP contribution in [0.3, 0.4) is 0 Å². The van der Waals surface area contributed by atoms with Crippen LogP contribution in [0, 0.1) is 0 Å². The topological polar surface area (TPSA) is 76.2 Å². The van der Waals surface area contributed by atoms with Gasteiger partial charge in [0.2, 0.25) is 0 Å². The van der Waals surface area contributed by atoms with Crippen molar-refractivity contribution in [3.8, 4) is 0 Å². The smallest absolute Gasteiger partial charge is 0.255 e. The van der Waals surface area contributed by atoms with E-state index in [4.69, 9.17) is 0 Å². The van der Waals surface area contributed by atoms with E-state index in [0.29, 0.717) is 5.56 Å². The molecule has 1 aromatic heterocycles. The van der Waals surface area contributed by atoms with Gasteiger partial charge in [0.05, 0.1) is 18.6 Å². The van der Waals surface area contributed by atoms with Crippen LogP contribution in [0.15, 0.2) is 54.7 Å². The minimum atomic E-state index is -1.27. The van der Waals surface area contributed by atoms with E-state index in [2.05, 4.69) is 4.98 Å². The highest BCUT2D eigenvalue weighted by molar-refractivity contribution is 6.02. The number of nitrogens with one attached hydrogen (secondary N) is 1. The maximum atomic E-state index is 12.6. The number of aromatic nitrogens is 1. The van der Waals surface area contributed by atoms with Crippen LogP contribution in [0.25, 0.3) is 10.9 Å². The Bertz CT molecular complexity index is 929. The molecule has 23 heavy (non-hydrogen) atoms. The van der Waals surface area contributed by atoms with E-state index >= 15 is 0 Å². The first kappa shape index (κ1) is 13.6. The van der Waals surface area contributed by atoms with Gasteiger partial charge in [0.15, 0.2) is 0 Å². The average molecular weight is 305 g/mol. The molecule has 3 aromatic rings. The second-order valence-corrected chi connectivity index (χ2v) is 5.58. The summed E-state index contributed by atoms with van der Waals surface area (Å²) >= 11 is 0. The van der Waals surface area contributed by atoms with Gasteiger partial charge in [-0.25, -0.2) is 0 Å². The summed E-state index contributed by atoms with van der Waals surface area (Å²) in [7, 11) is 0. The minimum Gasteiger partial charge on any atom is -0.548 e. The third-order valence-corrected chi connectivity index (χ3v) is 4.27. The van der Waals surface area contributed by atoms with Crippen LogP contribution < -0.4 is 5.11 Å². The Kier molecular flexibility index (Phi) is 2.94. The molecular weight excluding hydrogens is 292 g/mol. The molecule has 5 nitrogen and oxygen atoms in total. The first-order chi connectivity index (χ1) is 11.2. The fourth-order valence-corrected chi connectivity index (χ4v) is 3.33. The second-order valence-electron chi connectivity index (χ2n) is 5.58. The van der Waals surface area contributed by atoms with Crippen molar-refractivity contribution < 1.29 is 14.7 Å². The van der Waals surface area contributed by atoms with Crippen LogP contribution >= 0.6 is 0 Å².